The molecule has 1 heterocycles. The molecular weight excluding hydrogens is 428 g/mol. The smallest absolute Gasteiger partial charge is 0.225 e. The third-order valence-corrected chi connectivity index (χ3v) is 6.09. The molecule has 176 valence electrons. The molecule has 2 atom stereocenters. The summed E-state index contributed by atoms with van der Waals surface area (Å²) in [5.74, 6) is 1.09. The van der Waals surface area contributed by atoms with Gasteiger partial charge in [0.2, 0.25) is 11.8 Å². The van der Waals surface area contributed by atoms with Crippen LogP contribution >= 0.6 is 0 Å². The normalized spacial score (nSPS) is 17.8. The van der Waals surface area contributed by atoms with Gasteiger partial charge >= 0.3 is 0 Å². The summed E-state index contributed by atoms with van der Waals surface area (Å²) >= 11 is 0. The van der Waals surface area contributed by atoms with Gasteiger partial charge < -0.3 is 19.7 Å². The summed E-state index contributed by atoms with van der Waals surface area (Å²) in [5, 5.41) is 3.02. The Morgan fingerprint density at radius 2 is 1.68 bits per heavy atom. The topological polar surface area (TPSA) is 67.9 Å². The lowest BCUT2D eigenvalue weighted by Crippen LogP contribution is -2.48. The average Bonchev–Trinajstić information content (AvgIpc) is 2.89. The Hall–Kier alpha value is -3.80. The number of benzene rings is 3. The Bertz CT molecular complexity index is 1090. The summed E-state index contributed by atoms with van der Waals surface area (Å²) in [4.78, 5) is 28.1. The number of ether oxygens (including phenoxy) is 2. The van der Waals surface area contributed by atoms with E-state index >= 15 is 0 Å². The number of hydrogen-bond donors (Lipinski definition) is 1. The zero-order valence-electron chi connectivity index (χ0n) is 19.4. The van der Waals surface area contributed by atoms with Gasteiger partial charge in [-0.1, -0.05) is 66.7 Å². The molecule has 1 aliphatic rings. The number of nitrogens with zero attached hydrogens (tertiary/aromatic N) is 1. The fraction of sp³-hybridized carbons (Fsp3) is 0.286. The van der Waals surface area contributed by atoms with Gasteiger partial charge in [0.25, 0.3) is 0 Å². The minimum absolute atomic E-state index is 0.0614. The minimum Gasteiger partial charge on any atom is -0.497 e. The van der Waals surface area contributed by atoms with Crippen LogP contribution in [0.25, 0.3) is 0 Å². The number of piperidine rings is 1. The first-order chi connectivity index (χ1) is 16.7. The number of methoxy groups -OCH3 is 1. The van der Waals surface area contributed by atoms with Crippen molar-refractivity contribution in [2.45, 2.75) is 25.4 Å². The molecule has 0 aromatic heterocycles. The molecule has 2 unspecified atom stereocenters. The van der Waals surface area contributed by atoms with Crippen molar-refractivity contribution in [3.63, 3.8) is 0 Å². The molecule has 0 bridgehead atoms. The van der Waals surface area contributed by atoms with Gasteiger partial charge in [-0.25, -0.2) is 0 Å². The highest BCUT2D eigenvalue weighted by atomic mass is 16.5. The lowest BCUT2D eigenvalue weighted by atomic mass is 9.83. The zero-order chi connectivity index (χ0) is 23.8. The second-order valence-electron chi connectivity index (χ2n) is 8.33. The highest BCUT2D eigenvalue weighted by Gasteiger charge is 2.40. The first-order valence-electron chi connectivity index (χ1n) is 11.6. The van der Waals surface area contributed by atoms with E-state index in [1.807, 2.05) is 89.8 Å². The van der Waals surface area contributed by atoms with Crippen LogP contribution in [0.1, 0.15) is 30.0 Å². The molecule has 1 fully saturated rings. The highest BCUT2D eigenvalue weighted by Crippen LogP contribution is 2.38. The first-order valence-corrected chi connectivity index (χ1v) is 11.6. The zero-order valence-corrected chi connectivity index (χ0v) is 19.4. The van der Waals surface area contributed by atoms with E-state index in [0.717, 1.165) is 16.9 Å². The molecule has 34 heavy (non-hydrogen) atoms. The van der Waals surface area contributed by atoms with Crippen molar-refractivity contribution in [2.24, 2.45) is 5.92 Å². The predicted molar refractivity (Wildman–Crippen MR) is 130 cm³/mol. The minimum atomic E-state index is -0.333. The number of nitrogens with one attached hydrogen (secondary N) is 1. The van der Waals surface area contributed by atoms with Crippen molar-refractivity contribution in [3.8, 4) is 11.5 Å². The largest absolute Gasteiger partial charge is 0.497 e. The lowest BCUT2D eigenvalue weighted by Gasteiger charge is -2.41. The van der Waals surface area contributed by atoms with Crippen molar-refractivity contribution < 1.29 is 19.1 Å². The van der Waals surface area contributed by atoms with E-state index < -0.39 is 0 Å². The van der Waals surface area contributed by atoms with Crippen molar-refractivity contribution in [3.05, 3.63) is 96.1 Å². The molecule has 0 aliphatic carbocycles. The van der Waals surface area contributed by atoms with Crippen LogP contribution in [0.15, 0.2) is 84.9 Å². The second kappa shape index (κ2) is 11.4. The standard InChI is InChI=1S/C28H30N2O4/c1-33-23-13-8-14-24(19-23)34-18-17-29-28(32)25-15-16-26(31)30(20-21-9-4-2-5-10-21)27(25)22-11-6-3-7-12-22/h2-14,19,25,27H,15-18,20H2,1H3,(H,29,32). The summed E-state index contributed by atoms with van der Waals surface area (Å²) < 4.78 is 11.0. The molecule has 0 spiro atoms. The summed E-state index contributed by atoms with van der Waals surface area (Å²) in [6.07, 6.45) is 0.876. The van der Waals surface area contributed by atoms with E-state index in [4.69, 9.17) is 9.47 Å². The van der Waals surface area contributed by atoms with E-state index in [1.54, 1.807) is 7.11 Å². The number of carbonyl (C=O) groups excluding carboxylic acids is 2. The molecule has 3 aromatic rings. The van der Waals surface area contributed by atoms with Crippen molar-refractivity contribution in [1.29, 1.82) is 0 Å². The van der Waals surface area contributed by atoms with Gasteiger partial charge in [0.05, 0.1) is 25.6 Å². The molecule has 2 amide bonds. The van der Waals surface area contributed by atoms with E-state index in [0.29, 0.717) is 38.3 Å². The van der Waals surface area contributed by atoms with Gasteiger partial charge in [0, 0.05) is 19.0 Å². The fourth-order valence-electron chi connectivity index (χ4n) is 4.42. The number of amides is 2. The molecule has 1 aliphatic heterocycles. The van der Waals surface area contributed by atoms with Crippen molar-refractivity contribution in [2.75, 3.05) is 20.3 Å². The summed E-state index contributed by atoms with van der Waals surface area (Å²) in [5.41, 5.74) is 2.02. The molecule has 3 aromatic carbocycles. The first kappa shape index (κ1) is 23.4. The lowest BCUT2D eigenvalue weighted by molar-refractivity contribution is -0.144. The number of carbonyl (C=O) groups is 2. The van der Waals surface area contributed by atoms with Crippen LogP contribution in [0, 0.1) is 5.92 Å². The van der Waals surface area contributed by atoms with Crippen LogP contribution in [0.4, 0.5) is 0 Å². The summed E-state index contributed by atoms with van der Waals surface area (Å²) in [6.45, 7) is 1.19. The van der Waals surface area contributed by atoms with Crippen LogP contribution in [0.5, 0.6) is 11.5 Å². The molecular formula is C28H30N2O4. The van der Waals surface area contributed by atoms with Crippen LogP contribution in [0.2, 0.25) is 0 Å². The Morgan fingerprint density at radius 1 is 0.971 bits per heavy atom. The second-order valence-corrected chi connectivity index (χ2v) is 8.33. The predicted octanol–water partition coefficient (Wildman–Crippen LogP) is 4.37. The molecule has 6 heteroatoms. The van der Waals surface area contributed by atoms with E-state index in [9.17, 15) is 9.59 Å². The third kappa shape index (κ3) is 5.76. The quantitative estimate of drug-likeness (QED) is 0.484. The maximum atomic E-state index is 13.3. The van der Waals surface area contributed by atoms with Gasteiger partial charge in [0.15, 0.2) is 0 Å². The van der Waals surface area contributed by atoms with Crippen LogP contribution in [-0.2, 0) is 16.1 Å². The summed E-state index contributed by atoms with van der Waals surface area (Å²) in [7, 11) is 1.61. The Kier molecular flexibility index (Phi) is 7.81. The Labute approximate surface area is 200 Å². The molecule has 1 saturated heterocycles. The van der Waals surface area contributed by atoms with Gasteiger partial charge in [-0.2, -0.15) is 0 Å². The summed E-state index contributed by atoms with van der Waals surface area (Å²) in [6, 6.07) is 26.8. The SMILES string of the molecule is COc1cccc(OCCNC(=O)C2CCC(=O)N(Cc3ccccc3)C2c2ccccc2)c1. The molecule has 6 nitrogen and oxygen atoms in total. The van der Waals surface area contributed by atoms with Gasteiger partial charge in [-0.15, -0.1) is 0 Å². The van der Waals surface area contributed by atoms with E-state index in [1.165, 1.54) is 0 Å². The molecule has 0 saturated carbocycles. The van der Waals surface area contributed by atoms with Gasteiger partial charge in [0.1, 0.15) is 18.1 Å². The van der Waals surface area contributed by atoms with E-state index in [2.05, 4.69) is 5.32 Å². The average molecular weight is 459 g/mol. The maximum absolute atomic E-state index is 13.3. The van der Waals surface area contributed by atoms with Crippen LogP contribution in [-0.4, -0.2) is 37.0 Å². The van der Waals surface area contributed by atoms with Crippen LogP contribution < -0.4 is 14.8 Å². The van der Waals surface area contributed by atoms with Crippen LogP contribution in [0.3, 0.4) is 0 Å². The molecule has 4 rings (SSSR count). The maximum Gasteiger partial charge on any atom is 0.225 e. The number of likely N-dealkylation sites (tertiary alicyclic amines) is 1. The molecule has 0 radical (unpaired) electrons. The van der Waals surface area contributed by atoms with Gasteiger partial charge in [-0.05, 0) is 29.7 Å². The van der Waals surface area contributed by atoms with Gasteiger partial charge in [-0.3, -0.25) is 9.59 Å². The number of hydrogen-bond acceptors (Lipinski definition) is 4. The third-order valence-electron chi connectivity index (χ3n) is 6.09. The van der Waals surface area contributed by atoms with E-state index in [-0.39, 0.29) is 23.8 Å². The van der Waals surface area contributed by atoms with Crippen molar-refractivity contribution >= 4 is 11.8 Å². The number of rotatable bonds is 9. The molecule has 1 N–H and O–H groups in total. The monoisotopic (exact) mass is 458 g/mol. The highest BCUT2D eigenvalue weighted by molar-refractivity contribution is 5.85. The Morgan fingerprint density at radius 3 is 2.41 bits per heavy atom. The van der Waals surface area contributed by atoms with Crippen molar-refractivity contribution in [1.82, 2.24) is 10.2 Å². The fourth-order valence-corrected chi connectivity index (χ4v) is 4.42. The Balaban J connectivity index is 1.45.